The maximum atomic E-state index is 12.2. The van der Waals surface area contributed by atoms with E-state index in [-0.39, 0.29) is 5.91 Å². The van der Waals surface area contributed by atoms with Gasteiger partial charge < -0.3 is 19.2 Å². The number of carbonyl (C=O) groups is 1. The molecule has 1 N–H and O–H groups in total. The summed E-state index contributed by atoms with van der Waals surface area (Å²) >= 11 is 0. The molecule has 0 aliphatic carbocycles. The van der Waals surface area contributed by atoms with Gasteiger partial charge in [0.1, 0.15) is 0 Å². The molecule has 2 aromatic rings. The molecule has 0 atom stereocenters. The lowest BCUT2D eigenvalue weighted by Gasteiger charge is -2.14. The van der Waals surface area contributed by atoms with Crippen molar-refractivity contribution in [1.29, 1.82) is 0 Å². The van der Waals surface area contributed by atoms with Crippen LogP contribution in [-0.2, 0) is 0 Å². The van der Waals surface area contributed by atoms with Crippen LogP contribution in [0.4, 0.5) is 5.69 Å². The molecule has 23 heavy (non-hydrogen) atoms. The van der Waals surface area contributed by atoms with E-state index in [4.69, 9.17) is 13.9 Å². The molecule has 0 aliphatic rings. The second kappa shape index (κ2) is 8.27. The van der Waals surface area contributed by atoms with Crippen LogP contribution < -0.4 is 14.8 Å². The van der Waals surface area contributed by atoms with Crippen LogP contribution >= 0.6 is 0 Å². The normalized spacial score (nSPS) is 10.4. The highest BCUT2D eigenvalue weighted by molar-refractivity contribution is 6.03. The lowest BCUT2D eigenvalue weighted by Crippen LogP contribution is -2.12. The van der Waals surface area contributed by atoms with Crippen molar-refractivity contribution in [2.45, 2.75) is 33.6 Å². The van der Waals surface area contributed by atoms with Crippen LogP contribution in [0.15, 0.2) is 34.9 Å². The van der Waals surface area contributed by atoms with Gasteiger partial charge in [-0.3, -0.25) is 4.79 Å². The van der Waals surface area contributed by atoms with Gasteiger partial charge in [-0.15, -0.1) is 0 Å². The summed E-state index contributed by atoms with van der Waals surface area (Å²) in [6.07, 6.45) is 3.32. The Morgan fingerprint density at radius 3 is 2.39 bits per heavy atom. The molecule has 0 saturated carbocycles. The summed E-state index contributed by atoms with van der Waals surface area (Å²) < 4.78 is 16.6. The fourth-order valence-corrected chi connectivity index (χ4v) is 2.04. The van der Waals surface area contributed by atoms with E-state index in [2.05, 4.69) is 5.32 Å². The van der Waals surface area contributed by atoms with Crippen molar-refractivity contribution in [3.63, 3.8) is 0 Å². The second-order valence-electron chi connectivity index (χ2n) is 5.25. The summed E-state index contributed by atoms with van der Waals surface area (Å²) in [5.74, 6) is 1.35. The van der Waals surface area contributed by atoms with Gasteiger partial charge >= 0.3 is 0 Å². The molecule has 0 unspecified atom stereocenters. The smallest absolute Gasteiger partial charge is 0.291 e. The average Bonchev–Trinajstić information content (AvgIpc) is 2.98. The molecule has 1 aromatic carbocycles. The first kappa shape index (κ1) is 16.9. The summed E-state index contributed by atoms with van der Waals surface area (Å²) in [5.41, 5.74) is 1.44. The SMILES string of the molecule is CCCOc1ccc(NC(=O)c2occc2C)cc1OCCC. The summed E-state index contributed by atoms with van der Waals surface area (Å²) in [4.78, 5) is 12.2. The van der Waals surface area contributed by atoms with Crippen LogP contribution in [0.5, 0.6) is 11.5 Å². The van der Waals surface area contributed by atoms with Gasteiger partial charge in [-0.2, -0.15) is 0 Å². The zero-order valence-corrected chi connectivity index (χ0v) is 13.8. The number of ether oxygens (including phenoxy) is 2. The standard InChI is InChI=1S/C18H23NO4/c1-4-9-21-15-7-6-14(12-16(15)22-10-5-2)19-18(20)17-13(3)8-11-23-17/h6-8,11-12H,4-5,9-10H2,1-3H3,(H,19,20). The Kier molecular flexibility index (Phi) is 6.09. The van der Waals surface area contributed by atoms with Gasteiger partial charge in [-0.25, -0.2) is 0 Å². The number of aryl methyl sites for hydroxylation is 1. The largest absolute Gasteiger partial charge is 0.490 e. The minimum atomic E-state index is -0.281. The zero-order valence-electron chi connectivity index (χ0n) is 13.8. The molecule has 1 aromatic heterocycles. The van der Waals surface area contributed by atoms with Gasteiger partial charge in [0.25, 0.3) is 5.91 Å². The Morgan fingerprint density at radius 2 is 1.78 bits per heavy atom. The maximum absolute atomic E-state index is 12.2. The summed E-state index contributed by atoms with van der Waals surface area (Å²) in [6.45, 7) is 7.14. The van der Waals surface area contributed by atoms with E-state index in [0.717, 1.165) is 18.4 Å². The Morgan fingerprint density at radius 1 is 1.09 bits per heavy atom. The number of rotatable bonds is 8. The highest BCUT2D eigenvalue weighted by Gasteiger charge is 2.14. The van der Waals surface area contributed by atoms with E-state index < -0.39 is 0 Å². The Labute approximate surface area is 136 Å². The average molecular weight is 317 g/mol. The van der Waals surface area contributed by atoms with E-state index in [1.165, 1.54) is 6.26 Å². The highest BCUT2D eigenvalue weighted by Crippen LogP contribution is 2.31. The third-order valence-corrected chi connectivity index (χ3v) is 3.19. The highest BCUT2D eigenvalue weighted by atomic mass is 16.5. The van der Waals surface area contributed by atoms with Crippen molar-refractivity contribution in [3.8, 4) is 11.5 Å². The summed E-state index contributed by atoms with van der Waals surface area (Å²) in [7, 11) is 0. The molecule has 0 aliphatic heterocycles. The Balaban J connectivity index is 2.15. The van der Waals surface area contributed by atoms with E-state index in [1.54, 1.807) is 18.2 Å². The Hall–Kier alpha value is -2.43. The minimum Gasteiger partial charge on any atom is -0.490 e. The van der Waals surface area contributed by atoms with Crippen molar-refractivity contribution in [1.82, 2.24) is 0 Å². The molecule has 0 saturated heterocycles. The molecule has 0 radical (unpaired) electrons. The molecular weight excluding hydrogens is 294 g/mol. The van der Waals surface area contributed by atoms with Crippen LogP contribution in [-0.4, -0.2) is 19.1 Å². The van der Waals surface area contributed by atoms with Gasteiger partial charge in [-0.1, -0.05) is 13.8 Å². The Bertz CT molecular complexity index is 648. The first-order valence-electron chi connectivity index (χ1n) is 7.90. The van der Waals surface area contributed by atoms with Gasteiger partial charge in [0.05, 0.1) is 19.5 Å². The van der Waals surface area contributed by atoms with E-state index >= 15 is 0 Å². The van der Waals surface area contributed by atoms with Crippen LogP contribution in [0.2, 0.25) is 0 Å². The van der Waals surface area contributed by atoms with Crippen molar-refractivity contribution in [2.75, 3.05) is 18.5 Å². The molecule has 1 heterocycles. The molecule has 124 valence electrons. The van der Waals surface area contributed by atoms with Crippen LogP contribution in [0.25, 0.3) is 0 Å². The van der Waals surface area contributed by atoms with Gasteiger partial charge in [0.2, 0.25) is 0 Å². The zero-order chi connectivity index (χ0) is 16.7. The number of anilines is 1. The molecule has 5 nitrogen and oxygen atoms in total. The van der Waals surface area contributed by atoms with Crippen molar-refractivity contribution < 1.29 is 18.7 Å². The molecule has 2 rings (SSSR count). The van der Waals surface area contributed by atoms with Crippen LogP contribution in [0, 0.1) is 6.92 Å². The van der Waals surface area contributed by atoms with Gasteiger partial charge in [-0.05, 0) is 38.0 Å². The molecule has 1 amide bonds. The summed E-state index contributed by atoms with van der Waals surface area (Å²) in [5, 5.41) is 2.82. The fraction of sp³-hybridized carbons (Fsp3) is 0.389. The molecule has 5 heteroatoms. The number of furan rings is 1. The van der Waals surface area contributed by atoms with Crippen molar-refractivity contribution in [3.05, 3.63) is 41.9 Å². The number of benzene rings is 1. The fourth-order valence-electron chi connectivity index (χ4n) is 2.04. The van der Waals surface area contributed by atoms with Crippen LogP contribution in [0.1, 0.15) is 42.8 Å². The molecule has 0 fully saturated rings. The lowest BCUT2D eigenvalue weighted by molar-refractivity contribution is 0.0996. The lowest BCUT2D eigenvalue weighted by atomic mass is 10.2. The second-order valence-corrected chi connectivity index (χ2v) is 5.25. The van der Waals surface area contributed by atoms with Gasteiger partial charge in [0, 0.05) is 17.3 Å². The minimum absolute atomic E-state index is 0.281. The molecular formula is C18H23NO4. The van der Waals surface area contributed by atoms with Crippen molar-refractivity contribution >= 4 is 11.6 Å². The third-order valence-electron chi connectivity index (χ3n) is 3.19. The topological polar surface area (TPSA) is 60.7 Å². The monoisotopic (exact) mass is 317 g/mol. The number of hydrogen-bond donors (Lipinski definition) is 1. The predicted octanol–water partition coefficient (Wildman–Crippen LogP) is 4.42. The maximum Gasteiger partial charge on any atom is 0.291 e. The van der Waals surface area contributed by atoms with E-state index in [0.29, 0.717) is 36.2 Å². The third kappa shape index (κ3) is 4.52. The number of hydrogen-bond acceptors (Lipinski definition) is 4. The van der Waals surface area contributed by atoms with E-state index in [1.807, 2.05) is 26.8 Å². The van der Waals surface area contributed by atoms with Crippen LogP contribution in [0.3, 0.4) is 0 Å². The first-order valence-corrected chi connectivity index (χ1v) is 7.90. The molecule has 0 spiro atoms. The predicted molar refractivity (Wildman–Crippen MR) is 89.4 cm³/mol. The summed E-state index contributed by atoms with van der Waals surface area (Å²) in [6, 6.07) is 7.13. The van der Waals surface area contributed by atoms with E-state index in [9.17, 15) is 4.79 Å². The molecule has 0 bridgehead atoms. The number of nitrogens with one attached hydrogen (secondary N) is 1. The quantitative estimate of drug-likeness (QED) is 0.783. The number of amides is 1. The van der Waals surface area contributed by atoms with Gasteiger partial charge in [0.15, 0.2) is 17.3 Å². The number of carbonyl (C=O) groups excluding carboxylic acids is 1. The van der Waals surface area contributed by atoms with Crippen molar-refractivity contribution in [2.24, 2.45) is 0 Å². The first-order chi connectivity index (χ1) is 11.2.